The van der Waals surface area contributed by atoms with Crippen LogP contribution in [0.5, 0.6) is 5.75 Å². The molecule has 0 aliphatic heterocycles. The molecule has 0 saturated carbocycles. The van der Waals surface area contributed by atoms with Gasteiger partial charge in [-0.3, -0.25) is 4.79 Å². The Labute approximate surface area is 205 Å². The summed E-state index contributed by atoms with van der Waals surface area (Å²) in [5, 5.41) is 3.35. The van der Waals surface area contributed by atoms with Crippen LogP contribution in [0, 0.1) is 26.7 Å². The van der Waals surface area contributed by atoms with E-state index in [4.69, 9.17) is 4.74 Å². The minimum atomic E-state index is -0.0328. The van der Waals surface area contributed by atoms with Crippen molar-refractivity contribution in [3.63, 3.8) is 0 Å². The normalized spacial score (nSPS) is 12.0. The molecule has 3 rings (SSSR count). The second-order valence-electron chi connectivity index (χ2n) is 9.86. The van der Waals surface area contributed by atoms with E-state index in [1.165, 1.54) is 22.3 Å². The van der Waals surface area contributed by atoms with Crippen LogP contribution in [0.2, 0.25) is 0 Å². The third-order valence-corrected chi connectivity index (χ3v) is 6.16. The molecule has 0 bridgehead atoms. The smallest absolute Gasteiger partial charge is 0.252 e. The number of hydrogen-bond donors (Lipinski definition) is 1. The summed E-state index contributed by atoms with van der Waals surface area (Å²) in [6.07, 6.45) is 2.73. The highest BCUT2D eigenvalue weighted by molar-refractivity contribution is 5.96. The summed E-state index contributed by atoms with van der Waals surface area (Å²) in [4.78, 5) is 13.6. The molecule has 3 aromatic carbocycles. The number of rotatable bonds is 10. The maximum absolute atomic E-state index is 13.6. The van der Waals surface area contributed by atoms with Crippen LogP contribution in [-0.2, 0) is 13.0 Å². The zero-order valence-electron chi connectivity index (χ0n) is 21.6. The summed E-state index contributed by atoms with van der Waals surface area (Å²) in [6, 6.07) is 20.7. The molecular formula is C31H39NO2. The third kappa shape index (κ3) is 6.96. The number of ether oxygens (including phenoxy) is 1. The van der Waals surface area contributed by atoms with Gasteiger partial charge in [-0.1, -0.05) is 86.8 Å². The van der Waals surface area contributed by atoms with Crippen LogP contribution >= 0.6 is 0 Å². The van der Waals surface area contributed by atoms with E-state index in [1.54, 1.807) is 0 Å². The molecule has 0 fully saturated rings. The molecule has 1 atom stereocenters. The summed E-state index contributed by atoms with van der Waals surface area (Å²) in [5.41, 5.74) is 7.73. The maximum Gasteiger partial charge on any atom is 0.252 e. The summed E-state index contributed by atoms with van der Waals surface area (Å²) in [7, 11) is 0. The molecule has 0 spiro atoms. The van der Waals surface area contributed by atoms with E-state index in [0.717, 1.165) is 36.1 Å². The molecule has 3 heteroatoms. The van der Waals surface area contributed by atoms with Crippen LogP contribution in [0.15, 0.2) is 60.7 Å². The van der Waals surface area contributed by atoms with Gasteiger partial charge < -0.3 is 10.1 Å². The van der Waals surface area contributed by atoms with Gasteiger partial charge in [0.2, 0.25) is 0 Å². The Kier molecular flexibility index (Phi) is 8.92. The average molecular weight is 458 g/mol. The molecule has 0 aliphatic carbocycles. The highest BCUT2D eigenvalue weighted by Crippen LogP contribution is 2.26. The first-order valence-corrected chi connectivity index (χ1v) is 12.5. The van der Waals surface area contributed by atoms with E-state index in [0.29, 0.717) is 18.1 Å². The van der Waals surface area contributed by atoms with Crippen molar-refractivity contribution in [3.8, 4) is 5.75 Å². The summed E-state index contributed by atoms with van der Waals surface area (Å²) >= 11 is 0. The molecule has 3 aromatic rings. The lowest BCUT2D eigenvalue weighted by atomic mass is 9.93. The molecule has 1 unspecified atom stereocenters. The number of amides is 1. The Hall–Kier alpha value is -3.07. The van der Waals surface area contributed by atoms with E-state index < -0.39 is 0 Å². The van der Waals surface area contributed by atoms with E-state index in [-0.39, 0.29) is 11.9 Å². The highest BCUT2D eigenvalue weighted by atomic mass is 16.5. The first kappa shape index (κ1) is 25.6. The van der Waals surface area contributed by atoms with E-state index in [1.807, 2.05) is 30.3 Å². The summed E-state index contributed by atoms with van der Waals surface area (Å²) in [5.74, 6) is 1.15. The Morgan fingerprint density at radius 1 is 0.912 bits per heavy atom. The zero-order valence-corrected chi connectivity index (χ0v) is 21.6. The van der Waals surface area contributed by atoms with Gasteiger partial charge in [-0.05, 0) is 73.9 Å². The fourth-order valence-corrected chi connectivity index (χ4v) is 4.47. The molecular weight excluding hydrogens is 418 g/mol. The summed E-state index contributed by atoms with van der Waals surface area (Å²) in [6.45, 7) is 13.3. The first-order chi connectivity index (χ1) is 16.3. The van der Waals surface area contributed by atoms with Gasteiger partial charge in [0.15, 0.2) is 0 Å². The highest BCUT2D eigenvalue weighted by Gasteiger charge is 2.20. The number of carbonyl (C=O) groups excluding carboxylic acids is 1. The molecule has 0 aliphatic rings. The Balaban J connectivity index is 1.86. The number of nitrogens with one attached hydrogen (secondary N) is 1. The predicted molar refractivity (Wildman–Crippen MR) is 142 cm³/mol. The quantitative estimate of drug-likeness (QED) is 0.339. The largest absolute Gasteiger partial charge is 0.489 e. The Morgan fingerprint density at radius 2 is 1.62 bits per heavy atom. The van der Waals surface area contributed by atoms with Crippen molar-refractivity contribution in [2.45, 2.75) is 73.5 Å². The van der Waals surface area contributed by atoms with Crippen molar-refractivity contribution in [1.82, 2.24) is 5.32 Å². The summed E-state index contributed by atoms with van der Waals surface area (Å²) < 4.78 is 6.10. The van der Waals surface area contributed by atoms with Crippen LogP contribution in [0.25, 0.3) is 0 Å². The molecule has 34 heavy (non-hydrogen) atoms. The second kappa shape index (κ2) is 11.9. The van der Waals surface area contributed by atoms with Gasteiger partial charge in [0.1, 0.15) is 12.4 Å². The number of hydrogen-bond acceptors (Lipinski definition) is 2. The van der Waals surface area contributed by atoms with Crippen molar-refractivity contribution in [1.29, 1.82) is 0 Å². The van der Waals surface area contributed by atoms with Crippen molar-refractivity contribution in [3.05, 3.63) is 99.6 Å². The van der Waals surface area contributed by atoms with Gasteiger partial charge in [-0.25, -0.2) is 0 Å². The Bertz CT molecular complexity index is 1100. The van der Waals surface area contributed by atoms with Gasteiger partial charge in [0, 0.05) is 5.56 Å². The number of benzene rings is 3. The second-order valence-corrected chi connectivity index (χ2v) is 9.86. The fourth-order valence-electron chi connectivity index (χ4n) is 4.47. The molecule has 1 N–H and O–H groups in total. The van der Waals surface area contributed by atoms with Crippen molar-refractivity contribution in [2.24, 2.45) is 5.92 Å². The van der Waals surface area contributed by atoms with Crippen LogP contribution in [0.4, 0.5) is 0 Å². The lowest BCUT2D eigenvalue weighted by Gasteiger charge is -2.23. The SMILES string of the molecule is CCCc1ccc(OCc2ccccc2C)cc1C(=O)NC(CC(C)C)c1cc(C)cc(C)c1. The Morgan fingerprint density at radius 3 is 2.26 bits per heavy atom. The lowest BCUT2D eigenvalue weighted by molar-refractivity contribution is 0.0930. The predicted octanol–water partition coefficient (Wildman–Crippen LogP) is 7.66. The zero-order chi connectivity index (χ0) is 24.7. The van der Waals surface area contributed by atoms with Crippen molar-refractivity contribution in [2.75, 3.05) is 0 Å². The van der Waals surface area contributed by atoms with Crippen molar-refractivity contribution >= 4 is 5.91 Å². The standard InChI is InChI=1S/C31H39NO2/c1-7-10-25-13-14-28(34-20-26-12-9-8-11-24(26)6)19-29(25)31(33)32-30(15-21(2)3)27-17-22(4)16-23(5)18-27/h8-9,11-14,16-19,21,30H,7,10,15,20H2,1-6H3,(H,32,33). The van der Waals surface area contributed by atoms with Crippen LogP contribution in [-0.4, -0.2) is 5.91 Å². The number of aryl methyl sites for hydroxylation is 4. The first-order valence-electron chi connectivity index (χ1n) is 12.5. The van der Waals surface area contributed by atoms with Gasteiger partial charge in [0.25, 0.3) is 5.91 Å². The van der Waals surface area contributed by atoms with Gasteiger partial charge >= 0.3 is 0 Å². The molecule has 0 radical (unpaired) electrons. The third-order valence-electron chi connectivity index (χ3n) is 6.16. The van der Waals surface area contributed by atoms with Crippen LogP contribution in [0.3, 0.4) is 0 Å². The van der Waals surface area contributed by atoms with E-state index >= 15 is 0 Å². The lowest BCUT2D eigenvalue weighted by Crippen LogP contribution is -2.30. The maximum atomic E-state index is 13.6. The monoisotopic (exact) mass is 457 g/mol. The van der Waals surface area contributed by atoms with E-state index in [2.05, 4.69) is 77.2 Å². The van der Waals surface area contributed by atoms with Crippen LogP contribution < -0.4 is 10.1 Å². The average Bonchev–Trinajstić information content (AvgIpc) is 2.78. The van der Waals surface area contributed by atoms with Gasteiger partial charge in [-0.2, -0.15) is 0 Å². The topological polar surface area (TPSA) is 38.3 Å². The van der Waals surface area contributed by atoms with Gasteiger partial charge in [0.05, 0.1) is 6.04 Å². The molecule has 0 saturated heterocycles. The molecule has 3 nitrogen and oxygen atoms in total. The van der Waals surface area contributed by atoms with Crippen LogP contribution in [0.1, 0.15) is 83.4 Å². The molecule has 0 aromatic heterocycles. The molecule has 0 heterocycles. The molecule has 1 amide bonds. The minimum Gasteiger partial charge on any atom is -0.489 e. The molecule has 180 valence electrons. The number of carbonyl (C=O) groups is 1. The van der Waals surface area contributed by atoms with E-state index in [9.17, 15) is 4.79 Å². The fraction of sp³-hybridized carbons (Fsp3) is 0.387. The minimum absolute atomic E-state index is 0.0304. The van der Waals surface area contributed by atoms with Gasteiger partial charge in [-0.15, -0.1) is 0 Å². The van der Waals surface area contributed by atoms with Crippen molar-refractivity contribution < 1.29 is 9.53 Å².